The van der Waals surface area contributed by atoms with Gasteiger partial charge in [0.1, 0.15) is 23.6 Å². The zero-order valence-corrected chi connectivity index (χ0v) is 12.0. The van der Waals surface area contributed by atoms with Crippen molar-refractivity contribution in [3.8, 4) is 5.75 Å². The van der Waals surface area contributed by atoms with Gasteiger partial charge in [-0.1, -0.05) is 12.1 Å². The molecule has 2 aromatic heterocycles. The van der Waals surface area contributed by atoms with Crippen molar-refractivity contribution in [2.75, 3.05) is 6.61 Å². The Morgan fingerprint density at radius 3 is 2.95 bits per heavy atom. The van der Waals surface area contributed by atoms with Gasteiger partial charge in [0.2, 0.25) is 0 Å². The standard InChI is InChI=1S/C17H15N3O2/c21-14(5-4-12-6-8-18-9-7-12)16-13-2-1-3-15-17(13)20(19-16)10-11-22-15/h1-3,6-9H,4-5,10-11H2. The largest absolute Gasteiger partial charge is 0.489 e. The minimum Gasteiger partial charge on any atom is -0.489 e. The number of carbonyl (C=O) groups excluding carboxylic acids is 1. The Morgan fingerprint density at radius 1 is 1.23 bits per heavy atom. The van der Waals surface area contributed by atoms with Crippen molar-refractivity contribution in [2.45, 2.75) is 19.4 Å². The minimum absolute atomic E-state index is 0.0691. The molecule has 5 nitrogen and oxygen atoms in total. The fourth-order valence-electron chi connectivity index (χ4n) is 2.86. The summed E-state index contributed by atoms with van der Waals surface area (Å²) in [5.41, 5.74) is 2.60. The van der Waals surface area contributed by atoms with Gasteiger partial charge in [-0.15, -0.1) is 0 Å². The number of hydrogen-bond acceptors (Lipinski definition) is 4. The Balaban J connectivity index is 1.64. The first-order chi connectivity index (χ1) is 10.8. The second-order valence-corrected chi connectivity index (χ2v) is 5.35. The van der Waals surface area contributed by atoms with Crippen LogP contribution in [-0.4, -0.2) is 27.2 Å². The van der Waals surface area contributed by atoms with Crippen molar-refractivity contribution in [3.63, 3.8) is 0 Å². The second kappa shape index (κ2) is 5.26. The molecule has 0 fully saturated rings. The number of pyridine rings is 1. The zero-order valence-electron chi connectivity index (χ0n) is 12.0. The number of benzene rings is 1. The van der Waals surface area contributed by atoms with E-state index in [1.54, 1.807) is 12.4 Å². The number of Topliss-reactive ketones (excluding diaryl/α,β-unsaturated/α-hetero) is 1. The SMILES string of the molecule is O=C(CCc1ccncc1)c1nn2c3c(cccc13)OCC2. The summed E-state index contributed by atoms with van der Waals surface area (Å²) in [7, 11) is 0. The van der Waals surface area contributed by atoms with E-state index in [4.69, 9.17) is 4.74 Å². The lowest BCUT2D eigenvalue weighted by atomic mass is 10.0. The minimum atomic E-state index is 0.0691. The van der Waals surface area contributed by atoms with Gasteiger partial charge in [-0.25, -0.2) is 0 Å². The van der Waals surface area contributed by atoms with Crippen LogP contribution in [0.15, 0.2) is 42.7 Å². The third-order valence-corrected chi connectivity index (χ3v) is 3.95. The van der Waals surface area contributed by atoms with Crippen LogP contribution in [0.4, 0.5) is 0 Å². The molecule has 0 radical (unpaired) electrons. The Bertz CT molecular complexity index is 840. The quantitative estimate of drug-likeness (QED) is 0.694. The summed E-state index contributed by atoms with van der Waals surface area (Å²) in [6.45, 7) is 1.28. The van der Waals surface area contributed by atoms with Gasteiger partial charge in [0, 0.05) is 24.2 Å². The van der Waals surface area contributed by atoms with Gasteiger partial charge in [-0.3, -0.25) is 14.5 Å². The number of rotatable bonds is 4. The first-order valence-electron chi connectivity index (χ1n) is 7.37. The van der Waals surface area contributed by atoms with Gasteiger partial charge in [-0.05, 0) is 30.2 Å². The molecule has 0 aliphatic carbocycles. The number of hydrogen-bond donors (Lipinski definition) is 0. The predicted molar refractivity (Wildman–Crippen MR) is 82.1 cm³/mol. The average molecular weight is 293 g/mol. The molecule has 0 N–H and O–H groups in total. The summed E-state index contributed by atoms with van der Waals surface area (Å²) in [4.78, 5) is 16.5. The highest BCUT2D eigenvalue weighted by Crippen LogP contribution is 2.31. The number of nitrogens with zero attached hydrogens (tertiary/aromatic N) is 3. The molecule has 5 heteroatoms. The number of ketones is 1. The van der Waals surface area contributed by atoms with Gasteiger partial charge >= 0.3 is 0 Å². The molecule has 0 amide bonds. The average Bonchev–Trinajstić information content (AvgIpc) is 2.95. The summed E-state index contributed by atoms with van der Waals surface area (Å²) in [5.74, 6) is 0.879. The van der Waals surface area contributed by atoms with E-state index >= 15 is 0 Å². The molecule has 1 aliphatic rings. The van der Waals surface area contributed by atoms with E-state index in [1.165, 1.54) is 0 Å². The Labute approximate surface area is 127 Å². The summed E-state index contributed by atoms with van der Waals surface area (Å²) < 4.78 is 7.52. The maximum Gasteiger partial charge on any atom is 0.184 e. The molecule has 3 heterocycles. The van der Waals surface area contributed by atoms with Gasteiger partial charge in [0.05, 0.1) is 6.54 Å². The second-order valence-electron chi connectivity index (χ2n) is 5.35. The molecule has 110 valence electrons. The number of ether oxygens (including phenoxy) is 1. The van der Waals surface area contributed by atoms with E-state index < -0.39 is 0 Å². The predicted octanol–water partition coefficient (Wildman–Crippen LogP) is 2.64. The van der Waals surface area contributed by atoms with Crippen LogP contribution in [0.3, 0.4) is 0 Å². The van der Waals surface area contributed by atoms with Crippen LogP contribution < -0.4 is 4.74 Å². The van der Waals surface area contributed by atoms with Crippen molar-refractivity contribution >= 4 is 16.7 Å². The highest BCUT2D eigenvalue weighted by Gasteiger charge is 2.22. The highest BCUT2D eigenvalue weighted by molar-refractivity contribution is 6.07. The first-order valence-corrected chi connectivity index (χ1v) is 7.37. The lowest BCUT2D eigenvalue weighted by Crippen LogP contribution is -2.15. The van der Waals surface area contributed by atoms with Crippen LogP contribution >= 0.6 is 0 Å². The van der Waals surface area contributed by atoms with E-state index in [0.29, 0.717) is 31.7 Å². The molecular weight excluding hydrogens is 278 g/mol. The first kappa shape index (κ1) is 13.0. The van der Waals surface area contributed by atoms with E-state index in [9.17, 15) is 4.79 Å². The summed E-state index contributed by atoms with van der Waals surface area (Å²) in [6.07, 6.45) is 4.64. The number of para-hydroxylation sites is 1. The Morgan fingerprint density at radius 2 is 2.09 bits per heavy atom. The topological polar surface area (TPSA) is 57.0 Å². The smallest absolute Gasteiger partial charge is 0.184 e. The third kappa shape index (κ3) is 2.15. The fourth-order valence-corrected chi connectivity index (χ4v) is 2.86. The van der Waals surface area contributed by atoms with E-state index in [2.05, 4.69) is 10.1 Å². The monoisotopic (exact) mass is 293 g/mol. The molecule has 0 saturated carbocycles. The molecule has 3 aromatic rings. The molecule has 0 spiro atoms. The molecule has 1 aromatic carbocycles. The molecule has 0 bridgehead atoms. The number of aromatic nitrogens is 3. The Kier molecular flexibility index (Phi) is 3.11. The van der Waals surface area contributed by atoms with Crippen molar-refractivity contribution in [1.29, 1.82) is 0 Å². The van der Waals surface area contributed by atoms with E-state index in [1.807, 2.05) is 35.0 Å². The summed E-state index contributed by atoms with van der Waals surface area (Å²) >= 11 is 0. The maximum absolute atomic E-state index is 12.6. The maximum atomic E-state index is 12.6. The molecule has 0 unspecified atom stereocenters. The molecule has 22 heavy (non-hydrogen) atoms. The normalized spacial score (nSPS) is 13.1. The number of carbonyl (C=O) groups is 1. The molecule has 4 rings (SSSR count). The van der Waals surface area contributed by atoms with Crippen LogP contribution in [0.25, 0.3) is 10.9 Å². The lowest BCUT2D eigenvalue weighted by molar-refractivity contribution is 0.0978. The Hall–Kier alpha value is -2.69. The molecule has 0 atom stereocenters. The van der Waals surface area contributed by atoms with Crippen LogP contribution in [-0.2, 0) is 13.0 Å². The lowest BCUT2D eigenvalue weighted by Gasteiger charge is -2.14. The molecular formula is C17H15N3O2. The van der Waals surface area contributed by atoms with Gasteiger partial charge in [0.15, 0.2) is 5.78 Å². The van der Waals surface area contributed by atoms with Crippen molar-refractivity contribution in [3.05, 3.63) is 54.0 Å². The highest BCUT2D eigenvalue weighted by atomic mass is 16.5. The van der Waals surface area contributed by atoms with Gasteiger partial charge in [-0.2, -0.15) is 5.10 Å². The third-order valence-electron chi connectivity index (χ3n) is 3.95. The zero-order chi connectivity index (χ0) is 14.9. The van der Waals surface area contributed by atoms with Crippen molar-refractivity contribution in [2.24, 2.45) is 0 Å². The van der Waals surface area contributed by atoms with Crippen LogP contribution in [0.5, 0.6) is 5.75 Å². The van der Waals surface area contributed by atoms with Crippen LogP contribution in [0.2, 0.25) is 0 Å². The van der Waals surface area contributed by atoms with Crippen molar-refractivity contribution < 1.29 is 9.53 Å². The van der Waals surface area contributed by atoms with Gasteiger partial charge in [0.25, 0.3) is 0 Å². The number of aryl methyl sites for hydroxylation is 1. The van der Waals surface area contributed by atoms with Crippen molar-refractivity contribution in [1.82, 2.24) is 14.8 Å². The van der Waals surface area contributed by atoms with Crippen LogP contribution in [0, 0.1) is 0 Å². The van der Waals surface area contributed by atoms with Gasteiger partial charge < -0.3 is 4.74 Å². The summed E-state index contributed by atoms with van der Waals surface area (Å²) in [5, 5.41) is 5.39. The fraction of sp³-hybridized carbons (Fsp3) is 0.235. The summed E-state index contributed by atoms with van der Waals surface area (Å²) in [6, 6.07) is 9.64. The molecule has 0 saturated heterocycles. The van der Waals surface area contributed by atoms with E-state index in [-0.39, 0.29) is 5.78 Å². The molecule has 1 aliphatic heterocycles. The van der Waals surface area contributed by atoms with E-state index in [0.717, 1.165) is 22.2 Å². The van der Waals surface area contributed by atoms with Crippen LogP contribution in [0.1, 0.15) is 22.5 Å².